The lowest BCUT2D eigenvalue weighted by atomic mass is 9.99. The Hall–Kier alpha value is -3.58. The average molecular weight is 477 g/mol. The zero-order chi connectivity index (χ0) is 23.7. The van der Waals surface area contributed by atoms with Crippen LogP contribution in [0.15, 0.2) is 66.7 Å². The number of piperazine rings is 1. The van der Waals surface area contributed by atoms with Crippen molar-refractivity contribution in [2.24, 2.45) is 0 Å². The van der Waals surface area contributed by atoms with E-state index in [9.17, 15) is 14.9 Å². The molecule has 0 aliphatic carbocycles. The van der Waals surface area contributed by atoms with Gasteiger partial charge < -0.3 is 14.7 Å². The Morgan fingerprint density at radius 2 is 1.56 bits per heavy atom. The maximum Gasteiger partial charge on any atom is 0.292 e. The molecule has 174 valence electrons. The number of nitro groups is 1. The molecule has 1 amide bonds. The van der Waals surface area contributed by atoms with Crippen LogP contribution in [0.3, 0.4) is 0 Å². The summed E-state index contributed by atoms with van der Waals surface area (Å²) < 4.78 is 0. The first-order valence-corrected chi connectivity index (χ1v) is 11.8. The van der Waals surface area contributed by atoms with Crippen LogP contribution in [0.4, 0.5) is 17.1 Å². The number of nitrogens with zero attached hydrogens (tertiary/aromatic N) is 4. The van der Waals surface area contributed by atoms with Crippen molar-refractivity contribution in [2.75, 3.05) is 42.5 Å². The van der Waals surface area contributed by atoms with Crippen molar-refractivity contribution >= 4 is 34.6 Å². The maximum atomic E-state index is 12.9. The molecule has 0 spiro atoms. The van der Waals surface area contributed by atoms with E-state index in [2.05, 4.69) is 21.9 Å². The molecule has 8 heteroatoms. The Labute approximate surface area is 203 Å². The van der Waals surface area contributed by atoms with E-state index in [4.69, 9.17) is 11.6 Å². The molecule has 7 nitrogen and oxygen atoms in total. The van der Waals surface area contributed by atoms with Gasteiger partial charge in [0.05, 0.1) is 15.5 Å². The second kappa shape index (κ2) is 9.35. The topological polar surface area (TPSA) is 69.9 Å². The second-order valence-electron chi connectivity index (χ2n) is 8.63. The molecule has 5 rings (SSSR count). The van der Waals surface area contributed by atoms with Crippen LogP contribution in [0.2, 0.25) is 5.02 Å². The van der Waals surface area contributed by atoms with Crippen molar-refractivity contribution in [3.63, 3.8) is 0 Å². The van der Waals surface area contributed by atoms with E-state index < -0.39 is 0 Å². The minimum absolute atomic E-state index is 0.0679. The average Bonchev–Trinajstić information content (AvgIpc) is 2.88. The van der Waals surface area contributed by atoms with Gasteiger partial charge in [0.2, 0.25) is 0 Å². The predicted molar refractivity (Wildman–Crippen MR) is 134 cm³/mol. The first-order valence-electron chi connectivity index (χ1n) is 11.4. The van der Waals surface area contributed by atoms with Crippen molar-refractivity contribution in [3.05, 3.63) is 98.6 Å². The molecular formula is C26H25ClN4O3. The molecule has 0 bridgehead atoms. The van der Waals surface area contributed by atoms with Gasteiger partial charge >= 0.3 is 0 Å². The van der Waals surface area contributed by atoms with Crippen LogP contribution in [0.25, 0.3) is 0 Å². The number of rotatable bonds is 4. The van der Waals surface area contributed by atoms with Crippen molar-refractivity contribution in [2.45, 2.75) is 13.0 Å². The number of nitro benzene ring substituents is 1. The van der Waals surface area contributed by atoms with Crippen LogP contribution in [0.1, 0.15) is 21.5 Å². The summed E-state index contributed by atoms with van der Waals surface area (Å²) in [7, 11) is 0. The predicted octanol–water partition coefficient (Wildman–Crippen LogP) is 4.77. The van der Waals surface area contributed by atoms with Gasteiger partial charge in [-0.15, -0.1) is 0 Å². The number of benzene rings is 3. The number of carbonyl (C=O) groups is 1. The molecule has 34 heavy (non-hydrogen) atoms. The fraction of sp³-hybridized carbons (Fsp3) is 0.269. The van der Waals surface area contributed by atoms with Gasteiger partial charge in [0.1, 0.15) is 5.69 Å². The molecule has 0 unspecified atom stereocenters. The number of fused-ring (bicyclic) bond motifs is 1. The minimum Gasteiger partial charge on any atom is -0.368 e. The Bertz CT molecular complexity index is 1240. The molecule has 0 radical (unpaired) electrons. The number of amides is 1. The quantitative estimate of drug-likeness (QED) is 0.400. The van der Waals surface area contributed by atoms with Crippen molar-refractivity contribution < 1.29 is 9.72 Å². The van der Waals surface area contributed by atoms with Gasteiger partial charge in [0.25, 0.3) is 11.6 Å². The normalized spacial score (nSPS) is 15.7. The highest BCUT2D eigenvalue weighted by molar-refractivity contribution is 6.33. The number of hydrogen-bond donors (Lipinski definition) is 0. The first kappa shape index (κ1) is 22.2. The molecule has 2 aliphatic heterocycles. The molecular weight excluding hydrogens is 452 g/mol. The van der Waals surface area contributed by atoms with E-state index in [1.54, 1.807) is 18.2 Å². The fourth-order valence-electron chi connectivity index (χ4n) is 4.79. The lowest BCUT2D eigenvalue weighted by Gasteiger charge is -2.37. The molecule has 1 saturated heterocycles. The second-order valence-corrected chi connectivity index (χ2v) is 9.04. The Morgan fingerprint density at radius 1 is 0.853 bits per heavy atom. The minimum atomic E-state index is -0.306. The Morgan fingerprint density at radius 3 is 2.29 bits per heavy atom. The summed E-state index contributed by atoms with van der Waals surface area (Å²) in [4.78, 5) is 30.5. The molecule has 3 aromatic carbocycles. The SMILES string of the molecule is O=C(c1ccccc1Cl)N1CCN(c2ccc([N+](=O)[O-])c(N3CCc4ccccc4C3)c2)CC1. The van der Waals surface area contributed by atoms with E-state index in [-0.39, 0.29) is 16.5 Å². The lowest BCUT2D eigenvalue weighted by Crippen LogP contribution is -2.48. The molecule has 0 atom stereocenters. The fourth-order valence-corrected chi connectivity index (χ4v) is 5.01. The van der Waals surface area contributed by atoms with Gasteiger partial charge in [-0.25, -0.2) is 0 Å². The highest BCUT2D eigenvalue weighted by atomic mass is 35.5. The van der Waals surface area contributed by atoms with Crippen LogP contribution >= 0.6 is 11.6 Å². The first-order chi connectivity index (χ1) is 16.5. The van der Waals surface area contributed by atoms with E-state index in [0.717, 1.165) is 18.7 Å². The number of carbonyl (C=O) groups excluding carboxylic acids is 1. The van der Waals surface area contributed by atoms with Gasteiger partial charge in [-0.3, -0.25) is 14.9 Å². The van der Waals surface area contributed by atoms with Gasteiger partial charge in [-0.05, 0) is 41.8 Å². The summed E-state index contributed by atoms with van der Waals surface area (Å²) in [5.74, 6) is -0.0679. The third-order valence-electron chi connectivity index (χ3n) is 6.66. The van der Waals surface area contributed by atoms with Gasteiger partial charge in [-0.1, -0.05) is 48.0 Å². The van der Waals surface area contributed by atoms with Gasteiger partial charge in [0, 0.05) is 51.0 Å². The number of halogens is 1. The van der Waals surface area contributed by atoms with Crippen molar-refractivity contribution in [3.8, 4) is 0 Å². The van der Waals surface area contributed by atoms with E-state index in [1.165, 1.54) is 11.1 Å². The lowest BCUT2D eigenvalue weighted by molar-refractivity contribution is -0.384. The Kier molecular flexibility index (Phi) is 6.11. The van der Waals surface area contributed by atoms with Crippen LogP contribution in [0.5, 0.6) is 0 Å². The molecule has 0 saturated carbocycles. The van der Waals surface area contributed by atoms with Crippen LogP contribution in [-0.2, 0) is 13.0 Å². The molecule has 0 N–H and O–H groups in total. The number of hydrogen-bond acceptors (Lipinski definition) is 5. The van der Waals surface area contributed by atoms with Gasteiger partial charge in [-0.2, -0.15) is 0 Å². The van der Waals surface area contributed by atoms with E-state index in [1.807, 2.05) is 41.3 Å². The monoisotopic (exact) mass is 476 g/mol. The van der Waals surface area contributed by atoms with Crippen LogP contribution in [-0.4, -0.2) is 48.5 Å². The molecule has 2 heterocycles. The number of anilines is 2. The largest absolute Gasteiger partial charge is 0.368 e. The van der Waals surface area contributed by atoms with Crippen molar-refractivity contribution in [1.82, 2.24) is 4.90 Å². The standard InChI is InChI=1S/C26H25ClN4O3/c27-23-8-4-3-7-22(23)26(32)29-15-13-28(14-16-29)21-9-10-24(31(33)34)25(17-21)30-12-11-19-5-1-2-6-20(19)18-30/h1-10,17H,11-16,18H2. The summed E-state index contributed by atoms with van der Waals surface area (Å²) in [5, 5.41) is 12.2. The summed E-state index contributed by atoms with van der Waals surface area (Å²) >= 11 is 6.21. The summed E-state index contributed by atoms with van der Waals surface area (Å²) in [6.07, 6.45) is 0.861. The van der Waals surface area contributed by atoms with Crippen LogP contribution in [0, 0.1) is 10.1 Å². The zero-order valence-corrected chi connectivity index (χ0v) is 19.4. The zero-order valence-electron chi connectivity index (χ0n) is 18.7. The maximum absolute atomic E-state index is 12.9. The smallest absolute Gasteiger partial charge is 0.292 e. The Balaban J connectivity index is 1.34. The third-order valence-corrected chi connectivity index (χ3v) is 6.99. The highest BCUT2D eigenvalue weighted by Crippen LogP contribution is 2.36. The molecule has 3 aromatic rings. The van der Waals surface area contributed by atoms with E-state index >= 15 is 0 Å². The highest BCUT2D eigenvalue weighted by Gasteiger charge is 2.27. The summed E-state index contributed by atoms with van der Waals surface area (Å²) in [6.45, 7) is 3.81. The van der Waals surface area contributed by atoms with Gasteiger partial charge in [0.15, 0.2) is 0 Å². The van der Waals surface area contributed by atoms with Crippen LogP contribution < -0.4 is 9.80 Å². The summed E-state index contributed by atoms with van der Waals surface area (Å²) in [6, 6.07) is 20.7. The molecule has 2 aliphatic rings. The van der Waals surface area contributed by atoms with E-state index in [0.29, 0.717) is 49.0 Å². The van der Waals surface area contributed by atoms with Crippen molar-refractivity contribution in [1.29, 1.82) is 0 Å². The third kappa shape index (κ3) is 4.31. The molecule has 0 aromatic heterocycles. The summed E-state index contributed by atoms with van der Waals surface area (Å²) in [5.41, 5.74) is 4.73. The molecule has 1 fully saturated rings.